The molecular formula is C29H25F3N6O6. The first-order valence-corrected chi connectivity index (χ1v) is 13.6. The lowest BCUT2D eigenvalue weighted by Crippen LogP contribution is -2.57. The molecule has 2 aliphatic heterocycles. The van der Waals surface area contributed by atoms with E-state index in [1.54, 1.807) is 30.5 Å². The fraction of sp³-hybridized carbons (Fsp3) is 0.310. The van der Waals surface area contributed by atoms with Gasteiger partial charge in [-0.05, 0) is 34.2 Å². The molecule has 0 radical (unpaired) electrons. The molecule has 2 amide bonds. The van der Waals surface area contributed by atoms with E-state index < -0.39 is 57.9 Å². The van der Waals surface area contributed by atoms with Crippen molar-refractivity contribution in [3.8, 4) is 0 Å². The number of aromatic nitrogens is 3. The summed E-state index contributed by atoms with van der Waals surface area (Å²) in [5, 5.41) is 25.8. The number of halogens is 3. The zero-order valence-electron chi connectivity index (χ0n) is 23.0. The van der Waals surface area contributed by atoms with Crippen LogP contribution in [0.1, 0.15) is 28.6 Å². The zero-order valence-corrected chi connectivity index (χ0v) is 23.0. The molecule has 4 aromatic rings. The molecule has 44 heavy (non-hydrogen) atoms. The number of para-hydroxylation sites is 1. The molecule has 4 heterocycles. The van der Waals surface area contributed by atoms with Crippen LogP contribution < -0.4 is 5.32 Å². The smallest absolute Gasteiger partial charge is 0.416 e. The van der Waals surface area contributed by atoms with Crippen molar-refractivity contribution in [3.05, 3.63) is 93.6 Å². The number of hydrogen-bond donors (Lipinski definition) is 3. The van der Waals surface area contributed by atoms with Gasteiger partial charge in [-0.25, -0.2) is 9.55 Å². The average molecular weight is 611 g/mol. The van der Waals surface area contributed by atoms with E-state index in [1.165, 1.54) is 17.6 Å². The van der Waals surface area contributed by atoms with Crippen molar-refractivity contribution in [3.63, 3.8) is 0 Å². The first-order chi connectivity index (χ1) is 20.8. The van der Waals surface area contributed by atoms with E-state index in [-0.39, 0.29) is 36.7 Å². The maximum atomic E-state index is 14.0. The number of aryl methyl sites for hydroxylation is 1. The number of alkyl halides is 3. The number of rotatable bonds is 8. The SMILES string of the molecule is Cc1ncc([N+](=O)[O-])n1CCN1C(=O)C2C(c3cccc(C(F)(F)F)c3)NC(Cc3c[nH]c4ccccc34)(C(=O)O)C2C1=O. The van der Waals surface area contributed by atoms with E-state index in [9.17, 15) is 42.8 Å². The number of carboxylic acid groups (broad SMARTS) is 1. The summed E-state index contributed by atoms with van der Waals surface area (Å²) in [6.07, 6.45) is -2.33. The van der Waals surface area contributed by atoms with Gasteiger partial charge in [-0.15, -0.1) is 0 Å². The number of likely N-dealkylation sites (tertiary alicyclic amines) is 1. The third-order valence-corrected chi connectivity index (χ3v) is 8.61. The van der Waals surface area contributed by atoms with Crippen LogP contribution in [-0.4, -0.2) is 59.3 Å². The molecule has 0 spiro atoms. The van der Waals surface area contributed by atoms with Crippen LogP contribution in [0, 0.1) is 28.9 Å². The Morgan fingerprint density at radius 3 is 2.59 bits per heavy atom. The minimum absolute atomic E-state index is 0.000897. The van der Waals surface area contributed by atoms with Crippen LogP contribution in [0.25, 0.3) is 10.9 Å². The van der Waals surface area contributed by atoms with E-state index >= 15 is 0 Å². The first kappa shape index (κ1) is 29.0. The van der Waals surface area contributed by atoms with Gasteiger partial charge >= 0.3 is 18.0 Å². The van der Waals surface area contributed by atoms with Gasteiger partial charge in [-0.3, -0.25) is 24.6 Å². The second kappa shape index (κ2) is 10.3. The second-order valence-electron chi connectivity index (χ2n) is 11.0. The van der Waals surface area contributed by atoms with Crippen LogP contribution in [0.2, 0.25) is 0 Å². The molecule has 0 aliphatic carbocycles. The van der Waals surface area contributed by atoms with Crippen molar-refractivity contribution in [1.29, 1.82) is 0 Å². The quantitative estimate of drug-likeness (QED) is 0.155. The highest BCUT2D eigenvalue weighted by atomic mass is 19.4. The fourth-order valence-corrected chi connectivity index (χ4v) is 6.57. The molecule has 228 valence electrons. The van der Waals surface area contributed by atoms with Crippen LogP contribution in [0.4, 0.5) is 19.0 Å². The number of carbonyl (C=O) groups is 3. The minimum Gasteiger partial charge on any atom is -0.480 e. The Kier molecular flexibility index (Phi) is 6.79. The molecular weight excluding hydrogens is 585 g/mol. The third kappa shape index (κ3) is 4.51. The number of aromatic amines is 1. The number of nitrogens with one attached hydrogen (secondary N) is 2. The summed E-state index contributed by atoms with van der Waals surface area (Å²) in [6, 6.07) is 10.1. The van der Waals surface area contributed by atoms with Gasteiger partial charge in [0.15, 0.2) is 5.82 Å². The number of amides is 2. The van der Waals surface area contributed by atoms with E-state index in [4.69, 9.17) is 0 Å². The Bertz CT molecular complexity index is 1830. The van der Waals surface area contributed by atoms with Crippen molar-refractivity contribution in [1.82, 2.24) is 24.8 Å². The lowest BCUT2D eigenvalue weighted by atomic mass is 9.76. The van der Waals surface area contributed by atoms with E-state index in [0.717, 1.165) is 29.3 Å². The van der Waals surface area contributed by atoms with Gasteiger partial charge in [0.2, 0.25) is 11.8 Å². The minimum atomic E-state index is -4.71. The van der Waals surface area contributed by atoms with Gasteiger partial charge in [-0.2, -0.15) is 13.2 Å². The van der Waals surface area contributed by atoms with Crippen LogP contribution in [0.15, 0.2) is 60.9 Å². The van der Waals surface area contributed by atoms with Gasteiger partial charge in [0.1, 0.15) is 18.3 Å². The number of aliphatic carboxylic acids is 1. The number of fused-ring (bicyclic) bond motifs is 2. The number of hydrogen-bond acceptors (Lipinski definition) is 7. The molecule has 6 rings (SSSR count). The van der Waals surface area contributed by atoms with Crippen LogP contribution in [0.3, 0.4) is 0 Å². The summed E-state index contributed by atoms with van der Waals surface area (Å²) in [7, 11) is 0. The van der Waals surface area contributed by atoms with Crippen molar-refractivity contribution in [2.75, 3.05) is 6.54 Å². The zero-order chi connectivity index (χ0) is 31.6. The Morgan fingerprint density at radius 1 is 1.14 bits per heavy atom. The number of H-pyrrole nitrogens is 1. The molecule has 2 saturated heterocycles. The number of nitro groups is 1. The van der Waals surface area contributed by atoms with E-state index in [0.29, 0.717) is 16.5 Å². The summed E-state index contributed by atoms with van der Waals surface area (Å²) in [5.74, 6) is -5.99. The highest BCUT2D eigenvalue weighted by Gasteiger charge is 2.68. The third-order valence-electron chi connectivity index (χ3n) is 8.61. The highest BCUT2D eigenvalue weighted by Crippen LogP contribution is 2.51. The normalized spacial score (nSPS) is 23.5. The number of carbonyl (C=O) groups excluding carboxylic acids is 2. The number of imide groups is 1. The second-order valence-corrected chi connectivity index (χ2v) is 11.0. The van der Waals surface area contributed by atoms with Crippen LogP contribution in [-0.2, 0) is 33.5 Å². The lowest BCUT2D eigenvalue weighted by Gasteiger charge is -2.31. The number of nitrogens with zero attached hydrogens (tertiary/aromatic N) is 4. The highest BCUT2D eigenvalue weighted by molar-refractivity contribution is 6.09. The maximum Gasteiger partial charge on any atom is 0.416 e. The largest absolute Gasteiger partial charge is 0.480 e. The molecule has 3 N–H and O–H groups in total. The molecule has 15 heteroatoms. The molecule has 2 aromatic heterocycles. The molecule has 2 aliphatic rings. The molecule has 12 nitrogen and oxygen atoms in total. The Labute approximate surface area is 246 Å². The van der Waals surface area contributed by atoms with Gasteiger partial charge in [0, 0.05) is 36.5 Å². The standard InChI is InChI=1S/C29H25F3N6O6/c1-15-33-14-21(38(43)44)36(15)9-10-37-25(39)22-23(26(37)40)28(27(41)42,12-17-13-34-20-8-3-2-7-19(17)20)35-24(22)16-5-4-6-18(11-16)29(30,31)32/h2-8,11,13-14,22-24,34-35H,9-10,12H2,1H3,(H,41,42). The maximum absolute atomic E-state index is 14.0. The van der Waals surface area contributed by atoms with E-state index in [1.807, 2.05) is 0 Å². The predicted molar refractivity (Wildman–Crippen MR) is 147 cm³/mol. The monoisotopic (exact) mass is 610 g/mol. The van der Waals surface area contributed by atoms with Crippen molar-refractivity contribution < 1.29 is 37.6 Å². The van der Waals surface area contributed by atoms with Crippen LogP contribution >= 0.6 is 0 Å². The predicted octanol–water partition coefficient (Wildman–Crippen LogP) is 3.61. The topological polar surface area (TPSA) is 163 Å². The summed E-state index contributed by atoms with van der Waals surface area (Å²) >= 11 is 0. The molecule has 4 atom stereocenters. The molecule has 0 saturated carbocycles. The Hall–Kier alpha value is -5.05. The van der Waals surface area contributed by atoms with Crippen molar-refractivity contribution in [2.24, 2.45) is 11.8 Å². The average Bonchev–Trinajstić information content (AvgIpc) is 3.71. The van der Waals surface area contributed by atoms with Gasteiger partial charge in [0.05, 0.1) is 23.9 Å². The summed E-state index contributed by atoms with van der Waals surface area (Å²) in [4.78, 5) is 59.8. The van der Waals surface area contributed by atoms with Crippen molar-refractivity contribution in [2.45, 2.75) is 37.6 Å². The molecule has 2 fully saturated rings. The van der Waals surface area contributed by atoms with Gasteiger partial charge in [0.25, 0.3) is 0 Å². The molecule has 0 bridgehead atoms. The fourth-order valence-electron chi connectivity index (χ4n) is 6.57. The van der Waals surface area contributed by atoms with E-state index in [2.05, 4.69) is 15.3 Å². The summed E-state index contributed by atoms with van der Waals surface area (Å²) < 4.78 is 42.2. The Balaban J connectivity index is 1.44. The molecule has 2 aromatic carbocycles. The summed E-state index contributed by atoms with van der Waals surface area (Å²) in [5.41, 5.74) is -1.83. The van der Waals surface area contributed by atoms with Gasteiger partial charge < -0.3 is 20.2 Å². The Morgan fingerprint density at radius 2 is 1.89 bits per heavy atom. The first-order valence-electron chi connectivity index (χ1n) is 13.6. The molecule has 4 unspecified atom stereocenters. The number of benzene rings is 2. The lowest BCUT2D eigenvalue weighted by molar-refractivity contribution is -0.392. The summed E-state index contributed by atoms with van der Waals surface area (Å²) in [6.45, 7) is 0.990. The van der Waals surface area contributed by atoms with Crippen LogP contribution in [0.5, 0.6) is 0 Å². The number of carboxylic acids is 1. The number of imidazole rings is 1. The van der Waals surface area contributed by atoms with Gasteiger partial charge in [-0.1, -0.05) is 30.3 Å². The van der Waals surface area contributed by atoms with Crippen molar-refractivity contribution >= 4 is 34.5 Å².